The molecule has 0 saturated heterocycles. The van der Waals surface area contributed by atoms with E-state index in [9.17, 15) is 4.39 Å². The lowest BCUT2D eigenvalue weighted by molar-refractivity contribution is 0.523. The summed E-state index contributed by atoms with van der Waals surface area (Å²) in [5.74, 6) is -0.227. The number of hydrogen-bond donors (Lipinski definition) is 0. The Labute approximate surface area is 335 Å². The molecular formula is C41H47Cl7FN. The predicted octanol–water partition coefficient (Wildman–Crippen LogP) is 17.2. The molecule has 0 fully saturated rings. The zero-order valence-electron chi connectivity index (χ0n) is 30.8. The summed E-state index contributed by atoms with van der Waals surface area (Å²) < 4.78 is 13.3. The van der Waals surface area contributed by atoms with Crippen LogP contribution in [0.5, 0.6) is 0 Å². The molecule has 4 rings (SSSR count). The van der Waals surface area contributed by atoms with Crippen LogP contribution in [-0.4, -0.2) is 0 Å². The molecule has 4 aromatic rings. The summed E-state index contributed by atoms with van der Waals surface area (Å²) in [6, 6.07) is 19.2. The number of benzene rings is 4. The van der Waals surface area contributed by atoms with Gasteiger partial charge in [0.25, 0.3) is 0 Å². The summed E-state index contributed by atoms with van der Waals surface area (Å²) in [4.78, 5) is 3.46. The topological polar surface area (TPSA) is 4.36 Å². The van der Waals surface area contributed by atoms with Gasteiger partial charge in [0.1, 0.15) is 5.82 Å². The van der Waals surface area contributed by atoms with Crippen LogP contribution in [0, 0.1) is 12.4 Å². The Morgan fingerprint density at radius 1 is 0.440 bits per heavy atom. The van der Waals surface area contributed by atoms with Gasteiger partial charge in [-0.1, -0.05) is 189 Å². The lowest BCUT2D eigenvalue weighted by Crippen LogP contribution is -2.14. The third-order valence-corrected chi connectivity index (χ3v) is 9.12. The van der Waals surface area contributed by atoms with Gasteiger partial charge in [0, 0.05) is 40.7 Å². The fourth-order valence-electron chi connectivity index (χ4n) is 5.04. The summed E-state index contributed by atoms with van der Waals surface area (Å²) in [5, 5.41) is 4.51. The molecule has 0 aliphatic rings. The first kappa shape index (κ1) is 46.4. The van der Waals surface area contributed by atoms with Crippen LogP contribution in [0.1, 0.15) is 105 Å². The summed E-state index contributed by atoms with van der Waals surface area (Å²) in [6.07, 6.45) is 0. The molecule has 0 amide bonds. The van der Waals surface area contributed by atoms with Crippen molar-refractivity contribution >= 4 is 86.9 Å². The normalized spacial score (nSPS) is 11.6. The predicted molar refractivity (Wildman–Crippen MR) is 222 cm³/mol. The average molecular weight is 821 g/mol. The Morgan fingerprint density at radius 2 is 0.740 bits per heavy atom. The van der Waals surface area contributed by atoms with Gasteiger partial charge in [-0.15, -0.1) is 0 Å². The molecule has 0 N–H and O–H groups in total. The van der Waals surface area contributed by atoms with Crippen LogP contribution in [0.15, 0.2) is 66.7 Å². The molecule has 50 heavy (non-hydrogen) atoms. The maximum absolute atomic E-state index is 13.3. The first-order chi connectivity index (χ1) is 22.6. The summed E-state index contributed by atoms with van der Waals surface area (Å²) in [6.45, 7) is 31.5. The van der Waals surface area contributed by atoms with E-state index in [0.29, 0.717) is 36.4 Å². The zero-order chi connectivity index (χ0) is 39.0. The first-order valence-corrected chi connectivity index (χ1v) is 18.5. The maximum atomic E-state index is 13.3. The number of nitrogens with zero attached hydrogens (tertiary/aromatic N) is 1. The van der Waals surface area contributed by atoms with Gasteiger partial charge >= 0.3 is 0 Å². The fraction of sp³-hybridized carbons (Fsp3) is 0.390. The van der Waals surface area contributed by atoms with Crippen molar-refractivity contribution in [2.45, 2.75) is 105 Å². The van der Waals surface area contributed by atoms with Gasteiger partial charge in [0.05, 0.1) is 6.57 Å². The number of halogens is 8. The van der Waals surface area contributed by atoms with Crippen molar-refractivity contribution in [3.63, 3.8) is 0 Å². The van der Waals surface area contributed by atoms with Crippen molar-refractivity contribution in [1.29, 1.82) is 0 Å². The quantitative estimate of drug-likeness (QED) is 0.156. The zero-order valence-corrected chi connectivity index (χ0v) is 36.1. The molecule has 0 radical (unpaired) electrons. The summed E-state index contributed by atoms with van der Waals surface area (Å²) >= 11 is 41.9. The molecule has 0 saturated carbocycles. The van der Waals surface area contributed by atoms with E-state index in [4.69, 9.17) is 87.8 Å². The van der Waals surface area contributed by atoms with Gasteiger partial charge in [-0.05, 0) is 80.8 Å². The minimum atomic E-state index is -0.234. The van der Waals surface area contributed by atoms with Gasteiger partial charge in [-0.3, -0.25) is 0 Å². The van der Waals surface area contributed by atoms with Crippen molar-refractivity contribution in [3.8, 4) is 0 Å². The van der Waals surface area contributed by atoms with Gasteiger partial charge in [-0.2, -0.15) is 0 Å². The van der Waals surface area contributed by atoms with E-state index in [0.717, 1.165) is 26.7 Å². The van der Waals surface area contributed by atoms with Crippen LogP contribution in [-0.2, 0) is 21.7 Å². The van der Waals surface area contributed by atoms with E-state index in [1.165, 1.54) is 6.07 Å². The summed E-state index contributed by atoms with van der Waals surface area (Å²) in [5.41, 5.74) is 3.79. The number of rotatable bonds is 0. The van der Waals surface area contributed by atoms with Crippen LogP contribution in [0.25, 0.3) is 4.85 Å². The smallest absolute Gasteiger partial charge is 0.192 e. The molecule has 0 aliphatic heterocycles. The van der Waals surface area contributed by atoms with E-state index in [-0.39, 0.29) is 27.5 Å². The van der Waals surface area contributed by atoms with Gasteiger partial charge in [0.2, 0.25) is 0 Å². The molecule has 4 aromatic carbocycles. The largest absolute Gasteiger partial charge is 0.238 e. The minimum Gasteiger partial charge on any atom is -0.238 e. The van der Waals surface area contributed by atoms with Crippen LogP contribution in [0.4, 0.5) is 10.1 Å². The molecule has 0 atom stereocenters. The lowest BCUT2D eigenvalue weighted by atomic mass is 9.86. The minimum absolute atomic E-state index is 0.00935. The number of hydrogen-bond acceptors (Lipinski definition) is 0. The summed E-state index contributed by atoms with van der Waals surface area (Å²) in [7, 11) is 0. The second-order valence-corrected chi connectivity index (χ2v) is 18.6. The molecule has 0 aromatic heterocycles. The molecule has 0 spiro atoms. The van der Waals surface area contributed by atoms with Crippen LogP contribution in [0.3, 0.4) is 0 Å². The Morgan fingerprint density at radius 3 is 1.02 bits per heavy atom. The third kappa shape index (κ3) is 14.0. The SMILES string of the molecule is CC(C)(C)c1c(Cl)cc(Cl)cc1Cl.CC(C)(C)c1c(Cl)cccc1Cl.CC(C)(C)c1c(F)cccc1Cl.[C-]#[N+]c1cccc(Cl)c1C(C)(C)C. The molecule has 0 heterocycles. The Hall–Kier alpha value is -1.67. The fourth-order valence-corrected chi connectivity index (χ4v) is 8.28. The highest BCUT2D eigenvalue weighted by Gasteiger charge is 2.23. The highest BCUT2D eigenvalue weighted by atomic mass is 35.5. The van der Waals surface area contributed by atoms with E-state index in [1.807, 2.05) is 51.1 Å². The van der Waals surface area contributed by atoms with E-state index in [1.54, 1.807) is 30.3 Å². The maximum Gasteiger partial charge on any atom is 0.192 e. The van der Waals surface area contributed by atoms with E-state index < -0.39 is 0 Å². The van der Waals surface area contributed by atoms with Crippen molar-refractivity contribution in [1.82, 2.24) is 0 Å². The molecule has 0 aliphatic carbocycles. The van der Waals surface area contributed by atoms with Crippen molar-refractivity contribution in [2.75, 3.05) is 0 Å². The molecule has 272 valence electrons. The Balaban J connectivity index is 0.000000334. The highest BCUT2D eigenvalue weighted by Crippen LogP contribution is 2.39. The molecule has 9 heteroatoms. The van der Waals surface area contributed by atoms with Crippen molar-refractivity contribution in [2.24, 2.45) is 0 Å². The first-order valence-electron chi connectivity index (χ1n) is 15.8. The Kier molecular flexibility index (Phi) is 17.5. The van der Waals surface area contributed by atoms with Crippen LogP contribution in [0.2, 0.25) is 35.2 Å². The third-order valence-electron chi connectivity index (χ3n) is 7.04. The van der Waals surface area contributed by atoms with Crippen LogP contribution < -0.4 is 0 Å². The molecule has 1 nitrogen and oxygen atoms in total. The van der Waals surface area contributed by atoms with Gasteiger partial charge in [0.15, 0.2) is 5.69 Å². The Bertz CT molecular complexity index is 1660. The average Bonchev–Trinajstić information content (AvgIpc) is 2.90. The van der Waals surface area contributed by atoms with Crippen molar-refractivity contribution in [3.05, 3.63) is 141 Å². The second kappa shape index (κ2) is 18.9. The van der Waals surface area contributed by atoms with Gasteiger partial charge < -0.3 is 0 Å². The molecular weight excluding hydrogens is 774 g/mol. The standard InChI is InChI=1S/C11H12ClN.C10H11Cl3.C10H12Cl2.C10H12ClF/c1-11(2,3)10-8(12)6-5-7-9(10)13-4;1-10(2,3)9-7(12)4-6(11)5-8(9)13;2*1-10(2,3)9-7(11)5-4-6-8(9)12/h5-7H,1-3H3;4-5H,1-3H3;2*4-6H,1-3H3. The van der Waals surface area contributed by atoms with Gasteiger partial charge in [-0.25, -0.2) is 9.24 Å². The molecule has 0 bridgehead atoms. The monoisotopic (exact) mass is 817 g/mol. The van der Waals surface area contributed by atoms with Crippen LogP contribution >= 0.6 is 81.2 Å². The molecule has 0 unspecified atom stereocenters. The second-order valence-electron chi connectivity index (χ2n) is 15.7. The van der Waals surface area contributed by atoms with E-state index >= 15 is 0 Å². The highest BCUT2D eigenvalue weighted by molar-refractivity contribution is 6.39. The lowest BCUT2D eigenvalue weighted by Gasteiger charge is -2.22. The van der Waals surface area contributed by atoms with E-state index in [2.05, 4.69) is 67.2 Å². The van der Waals surface area contributed by atoms with Crippen molar-refractivity contribution < 1.29 is 4.39 Å².